The molecule has 0 saturated heterocycles. The maximum absolute atomic E-state index is 12.2. The lowest BCUT2D eigenvalue weighted by atomic mass is 9.95. The minimum Gasteiger partial charge on any atom is -0.465 e. The van der Waals surface area contributed by atoms with Gasteiger partial charge in [0.2, 0.25) is 5.91 Å². The van der Waals surface area contributed by atoms with Gasteiger partial charge in [0.15, 0.2) is 0 Å². The third kappa shape index (κ3) is 5.76. The molecule has 1 aromatic heterocycles. The summed E-state index contributed by atoms with van der Waals surface area (Å²) in [5.74, 6) is 0.755. The molecule has 2 rings (SSSR count). The van der Waals surface area contributed by atoms with E-state index in [1.807, 2.05) is 27.7 Å². The van der Waals surface area contributed by atoms with Crippen molar-refractivity contribution >= 4 is 18.1 Å². The number of amides is 2. The SMILES string of the molecule is CC(C)(C)OC(=O)NCC(C)(NC(=O)C=Cc1ccco1)C1CC1. The molecular weight excluding hydrogens is 308 g/mol. The summed E-state index contributed by atoms with van der Waals surface area (Å²) >= 11 is 0. The van der Waals surface area contributed by atoms with Gasteiger partial charge in [0.05, 0.1) is 11.8 Å². The van der Waals surface area contributed by atoms with E-state index < -0.39 is 17.2 Å². The van der Waals surface area contributed by atoms with Gasteiger partial charge in [-0.25, -0.2) is 4.79 Å². The Morgan fingerprint density at radius 1 is 1.33 bits per heavy atom. The topological polar surface area (TPSA) is 80.6 Å². The molecule has 6 nitrogen and oxygen atoms in total. The lowest BCUT2D eigenvalue weighted by Gasteiger charge is -2.31. The van der Waals surface area contributed by atoms with Crippen LogP contribution in [-0.2, 0) is 9.53 Å². The molecule has 0 aromatic carbocycles. The van der Waals surface area contributed by atoms with E-state index in [-0.39, 0.29) is 5.91 Å². The Hall–Kier alpha value is -2.24. The molecule has 6 heteroatoms. The molecule has 2 N–H and O–H groups in total. The Kier molecular flexibility index (Phi) is 5.36. The van der Waals surface area contributed by atoms with Crippen LogP contribution in [0.2, 0.25) is 0 Å². The quantitative estimate of drug-likeness (QED) is 0.783. The average molecular weight is 334 g/mol. The van der Waals surface area contributed by atoms with Crippen LogP contribution < -0.4 is 10.6 Å². The zero-order valence-electron chi connectivity index (χ0n) is 14.7. The van der Waals surface area contributed by atoms with Crippen molar-refractivity contribution < 1.29 is 18.7 Å². The van der Waals surface area contributed by atoms with Gasteiger partial charge in [-0.3, -0.25) is 4.79 Å². The number of hydrogen-bond donors (Lipinski definition) is 2. The molecule has 132 valence electrons. The highest BCUT2D eigenvalue weighted by molar-refractivity contribution is 5.92. The Bertz CT molecular complexity index is 597. The molecule has 0 radical (unpaired) electrons. The summed E-state index contributed by atoms with van der Waals surface area (Å²) in [5.41, 5.74) is -1.05. The molecule has 1 atom stereocenters. The van der Waals surface area contributed by atoms with Crippen molar-refractivity contribution in [3.63, 3.8) is 0 Å². The van der Waals surface area contributed by atoms with Crippen molar-refractivity contribution in [2.24, 2.45) is 5.92 Å². The molecule has 1 heterocycles. The maximum Gasteiger partial charge on any atom is 0.407 e. The first-order valence-electron chi connectivity index (χ1n) is 8.18. The number of rotatable bonds is 6. The number of alkyl carbamates (subject to hydrolysis) is 1. The van der Waals surface area contributed by atoms with Gasteiger partial charge in [-0.2, -0.15) is 0 Å². The van der Waals surface area contributed by atoms with Crippen LogP contribution in [0.4, 0.5) is 4.79 Å². The molecule has 0 bridgehead atoms. The molecule has 1 fully saturated rings. The number of carbonyl (C=O) groups is 2. The lowest BCUT2D eigenvalue weighted by molar-refractivity contribution is -0.118. The van der Waals surface area contributed by atoms with Gasteiger partial charge in [-0.15, -0.1) is 0 Å². The molecule has 1 saturated carbocycles. The molecule has 24 heavy (non-hydrogen) atoms. The normalized spacial score (nSPS) is 17.3. The molecular formula is C18H26N2O4. The fourth-order valence-corrected chi connectivity index (χ4v) is 2.45. The first-order valence-corrected chi connectivity index (χ1v) is 8.18. The second-order valence-electron chi connectivity index (χ2n) is 7.39. The van der Waals surface area contributed by atoms with Crippen LogP contribution in [-0.4, -0.2) is 29.7 Å². The maximum atomic E-state index is 12.2. The van der Waals surface area contributed by atoms with Crippen LogP contribution in [0.5, 0.6) is 0 Å². The number of furan rings is 1. The lowest BCUT2D eigenvalue weighted by Crippen LogP contribution is -2.55. The van der Waals surface area contributed by atoms with E-state index >= 15 is 0 Å². The summed E-state index contributed by atoms with van der Waals surface area (Å²) in [7, 11) is 0. The van der Waals surface area contributed by atoms with Crippen LogP contribution in [0.15, 0.2) is 28.9 Å². The standard InChI is InChI=1S/C18H26N2O4/c1-17(2,3)24-16(22)19-12-18(4,13-7-8-13)20-15(21)10-9-14-6-5-11-23-14/h5-6,9-11,13H,7-8,12H2,1-4H3,(H,19,22)(H,20,21). The van der Waals surface area contributed by atoms with Crippen molar-refractivity contribution in [2.75, 3.05) is 6.54 Å². The minimum atomic E-state index is -0.547. The van der Waals surface area contributed by atoms with Crippen LogP contribution in [0.3, 0.4) is 0 Å². The van der Waals surface area contributed by atoms with Crippen molar-refractivity contribution in [1.29, 1.82) is 0 Å². The number of carbonyl (C=O) groups excluding carboxylic acids is 2. The Morgan fingerprint density at radius 2 is 2.04 bits per heavy atom. The largest absolute Gasteiger partial charge is 0.465 e. The highest BCUT2D eigenvalue weighted by Crippen LogP contribution is 2.39. The minimum absolute atomic E-state index is 0.216. The average Bonchev–Trinajstić information content (AvgIpc) is 3.20. The highest BCUT2D eigenvalue weighted by atomic mass is 16.6. The molecule has 1 aliphatic rings. The van der Waals surface area contributed by atoms with E-state index in [1.54, 1.807) is 24.5 Å². The van der Waals surface area contributed by atoms with Crippen LogP contribution in [0.25, 0.3) is 6.08 Å². The summed E-state index contributed by atoms with van der Waals surface area (Å²) in [6, 6.07) is 3.53. The molecule has 1 aromatic rings. The van der Waals surface area contributed by atoms with E-state index in [9.17, 15) is 9.59 Å². The van der Waals surface area contributed by atoms with Crippen LogP contribution in [0, 0.1) is 5.92 Å². The summed E-state index contributed by atoms with van der Waals surface area (Å²) in [5, 5.41) is 5.76. The van der Waals surface area contributed by atoms with E-state index in [0.29, 0.717) is 18.2 Å². The third-order valence-corrected chi connectivity index (χ3v) is 3.83. The van der Waals surface area contributed by atoms with Gasteiger partial charge in [0.25, 0.3) is 0 Å². The molecule has 1 unspecified atom stereocenters. The van der Waals surface area contributed by atoms with E-state index in [0.717, 1.165) is 12.8 Å². The summed E-state index contributed by atoms with van der Waals surface area (Å²) in [4.78, 5) is 24.0. The van der Waals surface area contributed by atoms with Crippen molar-refractivity contribution in [1.82, 2.24) is 10.6 Å². The van der Waals surface area contributed by atoms with Gasteiger partial charge < -0.3 is 19.8 Å². The van der Waals surface area contributed by atoms with Gasteiger partial charge in [0, 0.05) is 12.6 Å². The summed E-state index contributed by atoms with van der Waals surface area (Å²) < 4.78 is 10.4. The fraction of sp³-hybridized carbons (Fsp3) is 0.556. The predicted octanol–water partition coefficient (Wildman–Crippen LogP) is 3.10. The van der Waals surface area contributed by atoms with Gasteiger partial charge in [-0.05, 0) is 64.7 Å². The van der Waals surface area contributed by atoms with Gasteiger partial charge in [0.1, 0.15) is 11.4 Å². The second-order valence-corrected chi connectivity index (χ2v) is 7.39. The molecule has 2 amide bonds. The van der Waals surface area contributed by atoms with Crippen LogP contribution in [0.1, 0.15) is 46.3 Å². The summed E-state index contributed by atoms with van der Waals surface area (Å²) in [6.45, 7) is 7.71. The zero-order chi connectivity index (χ0) is 17.8. The van der Waals surface area contributed by atoms with Crippen molar-refractivity contribution in [3.8, 4) is 0 Å². The smallest absolute Gasteiger partial charge is 0.407 e. The Balaban J connectivity index is 1.90. The number of ether oxygens (including phenoxy) is 1. The van der Waals surface area contributed by atoms with E-state index in [2.05, 4.69) is 10.6 Å². The third-order valence-electron chi connectivity index (χ3n) is 3.83. The Morgan fingerprint density at radius 3 is 2.58 bits per heavy atom. The molecule has 1 aliphatic carbocycles. The van der Waals surface area contributed by atoms with Crippen LogP contribution >= 0.6 is 0 Å². The molecule has 0 spiro atoms. The number of hydrogen-bond acceptors (Lipinski definition) is 4. The fourth-order valence-electron chi connectivity index (χ4n) is 2.45. The first-order chi connectivity index (χ1) is 11.2. The first kappa shape index (κ1) is 18.1. The predicted molar refractivity (Wildman–Crippen MR) is 91.3 cm³/mol. The van der Waals surface area contributed by atoms with Gasteiger partial charge in [-0.1, -0.05) is 0 Å². The molecule has 0 aliphatic heterocycles. The van der Waals surface area contributed by atoms with Crippen molar-refractivity contribution in [2.45, 2.75) is 51.7 Å². The van der Waals surface area contributed by atoms with Crippen molar-refractivity contribution in [3.05, 3.63) is 30.2 Å². The number of nitrogens with one attached hydrogen (secondary N) is 2. The van der Waals surface area contributed by atoms with Gasteiger partial charge >= 0.3 is 6.09 Å². The Labute approximate surface area is 142 Å². The zero-order valence-corrected chi connectivity index (χ0v) is 14.7. The monoisotopic (exact) mass is 334 g/mol. The van der Waals surface area contributed by atoms with E-state index in [4.69, 9.17) is 9.15 Å². The highest BCUT2D eigenvalue weighted by Gasteiger charge is 2.42. The van der Waals surface area contributed by atoms with E-state index in [1.165, 1.54) is 6.08 Å². The summed E-state index contributed by atoms with van der Waals surface area (Å²) in [6.07, 6.45) is 6.20. The second kappa shape index (κ2) is 7.11.